The van der Waals surface area contributed by atoms with Crippen molar-refractivity contribution in [3.63, 3.8) is 0 Å². The van der Waals surface area contributed by atoms with Crippen LogP contribution in [0.1, 0.15) is 32.1 Å². The molecule has 0 amide bonds. The first-order valence-electron chi connectivity index (χ1n) is 5.12. The molecule has 2 heteroatoms. The summed E-state index contributed by atoms with van der Waals surface area (Å²) in [6, 6.07) is 0. The first-order chi connectivity index (χ1) is 5.86. The molecule has 1 N–H and O–H groups in total. The number of aliphatic hydroxyl groups is 1. The first-order valence-corrected chi connectivity index (χ1v) is 5.12. The summed E-state index contributed by atoms with van der Waals surface area (Å²) in [4.78, 5) is 0. The second-order valence-electron chi connectivity index (χ2n) is 4.22. The average Bonchev–Trinajstić information content (AvgIpc) is 2.14. The molecule has 1 aliphatic carbocycles. The van der Waals surface area contributed by atoms with Crippen LogP contribution in [0.4, 0.5) is 0 Å². The summed E-state index contributed by atoms with van der Waals surface area (Å²) in [5.74, 6) is 1.33. The molecule has 12 heavy (non-hydrogen) atoms. The summed E-state index contributed by atoms with van der Waals surface area (Å²) in [7, 11) is 0. The van der Waals surface area contributed by atoms with Gasteiger partial charge in [-0.3, -0.25) is 0 Å². The minimum Gasteiger partial charge on any atom is -0.393 e. The smallest absolute Gasteiger partial charge is 0.0568 e. The molecule has 1 saturated carbocycles. The second kappa shape index (κ2) is 3.75. The van der Waals surface area contributed by atoms with Crippen LogP contribution in [-0.4, -0.2) is 24.4 Å². The van der Waals surface area contributed by atoms with E-state index >= 15 is 0 Å². The Morgan fingerprint density at radius 2 is 2.17 bits per heavy atom. The maximum atomic E-state index is 9.40. The lowest BCUT2D eigenvalue weighted by atomic mass is 9.75. The van der Waals surface area contributed by atoms with E-state index < -0.39 is 0 Å². The van der Waals surface area contributed by atoms with Crippen LogP contribution >= 0.6 is 0 Å². The molecule has 1 aliphatic heterocycles. The SMILES string of the molecule is OC1CCC1CC1CCCOC1. The Labute approximate surface area is 73.9 Å². The van der Waals surface area contributed by atoms with Crippen molar-refractivity contribution in [3.8, 4) is 0 Å². The molecule has 1 saturated heterocycles. The van der Waals surface area contributed by atoms with Gasteiger partial charge in [-0.05, 0) is 43.9 Å². The Kier molecular flexibility index (Phi) is 2.66. The molecule has 0 radical (unpaired) electrons. The van der Waals surface area contributed by atoms with Gasteiger partial charge in [0.25, 0.3) is 0 Å². The minimum absolute atomic E-state index is 0.00641. The summed E-state index contributed by atoms with van der Waals surface area (Å²) < 4.78 is 5.41. The lowest BCUT2D eigenvalue weighted by Crippen LogP contribution is -2.34. The zero-order valence-corrected chi connectivity index (χ0v) is 7.54. The van der Waals surface area contributed by atoms with Crippen molar-refractivity contribution >= 4 is 0 Å². The first kappa shape index (κ1) is 8.52. The van der Waals surface area contributed by atoms with E-state index in [1.165, 1.54) is 25.7 Å². The van der Waals surface area contributed by atoms with Crippen LogP contribution in [0.2, 0.25) is 0 Å². The fourth-order valence-corrected chi connectivity index (χ4v) is 2.25. The average molecular weight is 170 g/mol. The van der Waals surface area contributed by atoms with Gasteiger partial charge < -0.3 is 9.84 Å². The molecule has 0 bridgehead atoms. The van der Waals surface area contributed by atoms with E-state index in [1.54, 1.807) is 0 Å². The summed E-state index contributed by atoms with van der Waals surface area (Å²) >= 11 is 0. The van der Waals surface area contributed by atoms with Crippen LogP contribution in [0.5, 0.6) is 0 Å². The summed E-state index contributed by atoms with van der Waals surface area (Å²) in [6.07, 6.45) is 5.99. The molecular formula is C10H18O2. The van der Waals surface area contributed by atoms with Gasteiger partial charge in [0.15, 0.2) is 0 Å². The van der Waals surface area contributed by atoms with Crippen LogP contribution in [0.15, 0.2) is 0 Å². The normalized spacial score (nSPS) is 42.2. The topological polar surface area (TPSA) is 29.5 Å². The Balaban J connectivity index is 1.70. The van der Waals surface area contributed by atoms with Gasteiger partial charge in [0, 0.05) is 13.2 Å². The third-order valence-corrected chi connectivity index (χ3v) is 3.27. The van der Waals surface area contributed by atoms with Gasteiger partial charge in [-0.15, -0.1) is 0 Å². The quantitative estimate of drug-likeness (QED) is 0.681. The van der Waals surface area contributed by atoms with Gasteiger partial charge in [-0.1, -0.05) is 0 Å². The van der Waals surface area contributed by atoms with Crippen LogP contribution in [0.3, 0.4) is 0 Å². The molecule has 0 aromatic heterocycles. The highest BCUT2D eigenvalue weighted by Gasteiger charge is 2.31. The van der Waals surface area contributed by atoms with Crippen LogP contribution < -0.4 is 0 Å². The Morgan fingerprint density at radius 3 is 2.67 bits per heavy atom. The van der Waals surface area contributed by atoms with Crippen molar-refractivity contribution in [3.05, 3.63) is 0 Å². The fraction of sp³-hybridized carbons (Fsp3) is 1.00. The van der Waals surface area contributed by atoms with Crippen molar-refractivity contribution in [1.82, 2.24) is 0 Å². The molecule has 3 unspecified atom stereocenters. The Morgan fingerprint density at radius 1 is 1.25 bits per heavy atom. The molecule has 2 aliphatic rings. The number of hydrogen-bond acceptors (Lipinski definition) is 2. The maximum absolute atomic E-state index is 9.40. The lowest BCUT2D eigenvalue weighted by molar-refractivity contribution is -0.0147. The van der Waals surface area contributed by atoms with Gasteiger partial charge in [-0.25, -0.2) is 0 Å². The van der Waals surface area contributed by atoms with Crippen LogP contribution in [-0.2, 0) is 4.74 Å². The van der Waals surface area contributed by atoms with Crippen molar-refractivity contribution in [2.45, 2.75) is 38.2 Å². The van der Waals surface area contributed by atoms with E-state index in [0.717, 1.165) is 25.6 Å². The molecule has 1 heterocycles. The molecule has 0 aromatic carbocycles. The molecule has 2 fully saturated rings. The highest BCUT2D eigenvalue weighted by atomic mass is 16.5. The molecule has 0 aromatic rings. The van der Waals surface area contributed by atoms with Gasteiger partial charge >= 0.3 is 0 Å². The van der Waals surface area contributed by atoms with E-state index in [0.29, 0.717) is 5.92 Å². The van der Waals surface area contributed by atoms with Crippen molar-refractivity contribution in [1.29, 1.82) is 0 Å². The maximum Gasteiger partial charge on any atom is 0.0568 e. The second-order valence-corrected chi connectivity index (χ2v) is 4.22. The van der Waals surface area contributed by atoms with E-state index in [2.05, 4.69) is 0 Å². The Bertz CT molecular complexity index is 141. The molecule has 2 nitrogen and oxygen atoms in total. The van der Waals surface area contributed by atoms with Crippen molar-refractivity contribution in [2.24, 2.45) is 11.8 Å². The molecule has 2 rings (SSSR count). The molecule has 70 valence electrons. The van der Waals surface area contributed by atoms with Gasteiger partial charge in [-0.2, -0.15) is 0 Å². The van der Waals surface area contributed by atoms with E-state index in [4.69, 9.17) is 4.74 Å². The lowest BCUT2D eigenvalue weighted by Gasteiger charge is -2.36. The van der Waals surface area contributed by atoms with Crippen LogP contribution in [0.25, 0.3) is 0 Å². The minimum atomic E-state index is 0.00641. The molecule has 3 atom stereocenters. The number of rotatable bonds is 2. The zero-order valence-electron chi connectivity index (χ0n) is 7.54. The van der Waals surface area contributed by atoms with Crippen LogP contribution in [0, 0.1) is 11.8 Å². The van der Waals surface area contributed by atoms with Crippen molar-refractivity contribution in [2.75, 3.05) is 13.2 Å². The third-order valence-electron chi connectivity index (χ3n) is 3.27. The van der Waals surface area contributed by atoms with Gasteiger partial charge in [0.2, 0.25) is 0 Å². The number of ether oxygens (including phenoxy) is 1. The van der Waals surface area contributed by atoms with E-state index in [-0.39, 0.29) is 6.10 Å². The largest absolute Gasteiger partial charge is 0.393 e. The molecular weight excluding hydrogens is 152 g/mol. The fourth-order valence-electron chi connectivity index (χ4n) is 2.25. The Hall–Kier alpha value is -0.0800. The highest BCUT2D eigenvalue weighted by Crippen LogP contribution is 2.34. The third kappa shape index (κ3) is 1.80. The van der Waals surface area contributed by atoms with E-state index in [9.17, 15) is 5.11 Å². The highest BCUT2D eigenvalue weighted by molar-refractivity contribution is 4.82. The van der Waals surface area contributed by atoms with Gasteiger partial charge in [0.05, 0.1) is 6.10 Å². The van der Waals surface area contributed by atoms with E-state index in [1.807, 2.05) is 0 Å². The molecule has 0 spiro atoms. The number of hydrogen-bond donors (Lipinski definition) is 1. The summed E-state index contributed by atoms with van der Waals surface area (Å²) in [5, 5.41) is 9.40. The van der Waals surface area contributed by atoms with Gasteiger partial charge in [0.1, 0.15) is 0 Å². The summed E-state index contributed by atoms with van der Waals surface area (Å²) in [6.45, 7) is 1.88. The monoisotopic (exact) mass is 170 g/mol. The van der Waals surface area contributed by atoms with Crippen molar-refractivity contribution < 1.29 is 9.84 Å². The standard InChI is InChI=1S/C10H18O2/c11-10-4-3-9(10)6-8-2-1-5-12-7-8/h8-11H,1-7H2. The predicted octanol–water partition coefficient (Wildman–Crippen LogP) is 1.57. The zero-order chi connectivity index (χ0) is 8.39. The number of aliphatic hydroxyl groups excluding tert-OH is 1. The summed E-state index contributed by atoms with van der Waals surface area (Å²) in [5.41, 5.74) is 0. The predicted molar refractivity (Wildman–Crippen MR) is 46.9 cm³/mol.